The van der Waals surface area contributed by atoms with Crippen molar-refractivity contribution < 1.29 is 102 Å². The second-order valence-corrected chi connectivity index (χ2v) is 8.07. The van der Waals surface area contributed by atoms with Crippen LogP contribution in [0.4, 0.5) is 92.2 Å². The van der Waals surface area contributed by atoms with Gasteiger partial charge in [0.05, 0.1) is 20.1 Å². The highest BCUT2D eigenvalue weighted by molar-refractivity contribution is 5.31. The Hall–Kier alpha value is -2.65. The fourth-order valence-electron chi connectivity index (χ4n) is 2.72. The van der Waals surface area contributed by atoms with Gasteiger partial charge in [-0.2, -0.15) is 92.2 Å². The third kappa shape index (κ3) is 5.21. The second-order valence-electron chi connectivity index (χ2n) is 8.07. The van der Waals surface area contributed by atoms with E-state index in [2.05, 4.69) is 9.47 Å². The second kappa shape index (κ2) is 10.5. The van der Waals surface area contributed by atoms with Crippen LogP contribution in [0.25, 0.3) is 0 Å². The Bertz CT molecular complexity index is 1070. The lowest BCUT2D eigenvalue weighted by molar-refractivity contribution is -0.474. The number of benzene rings is 1. The van der Waals surface area contributed by atoms with Gasteiger partial charge in [0.1, 0.15) is 11.5 Å². The fourth-order valence-corrected chi connectivity index (χ4v) is 2.72. The van der Waals surface area contributed by atoms with E-state index in [-0.39, 0.29) is 5.75 Å². The summed E-state index contributed by atoms with van der Waals surface area (Å²) in [5, 5.41) is 0. The smallest absolute Gasteiger partial charge is 0.460 e. The number of methoxy groups -OCH3 is 1. The fraction of sp³-hybridized carbons (Fsp3) is 0.684. The molecule has 0 atom stereocenters. The lowest BCUT2D eigenvalue weighted by Gasteiger charge is -2.44. The summed E-state index contributed by atoms with van der Waals surface area (Å²) in [4.78, 5) is 0. The first kappa shape index (κ1) is 37.4. The molecule has 1 rings (SSSR count). The standard InChI is InChI=1S/C19H11F21O2/c1-41-8-2-4-9(5-3-8)42-7-6-10(20,21)11(22,23)12(24,25)13(26,27)14(28,29)15(30,31)16(32,33)17(34,35)18(36,37)19(38,39)40/h2-5H,6-7H2,1H3. The van der Waals surface area contributed by atoms with Gasteiger partial charge in [-0.05, 0) is 24.3 Å². The van der Waals surface area contributed by atoms with Crippen LogP contribution in [0.3, 0.4) is 0 Å². The Morgan fingerprint density at radius 2 is 0.714 bits per heavy atom. The first-order valence-electron chi connectivity index (χ1n) is 10.00. The zero-order valence-electron chi connectivity index (χ0n) is 19.5. The molecule has 23 heteroatoms. The zero-order chi connectivity index (χ0) is 33.8. The molecule has 0 fully saturated rings. The maximum absolute atomic E-state index is 13.9. The minimum atomic E-state index is -9.19. The van der Waals surface area contributed by atoms with E-state index >= 15 is 0 Å². The van der Waals surface area contributed by atoms with E-state index in [0.717, 1.165) is 31.4 Å². The summed E-state index contributed by atoms with van der Waals surface area (Å²) in [5.74, 6) is -77.5. The largest absolute Gasteiger partial charge is 0.497 e. The molecule has 1 aromatic rings. The Kier molecular flexibility index (Phi) is 9.35. The molecule has 0 heterocycles. The summed E-state index contributed by atoms with van der Waals surface area (Å²) >= 11 is 0. The molecule has 0 aliphatic heterocycles. The van der Waals surface area contributed by atoms with Crippen LogP contribution in [0.5, 0.6) is 11.5 Å². The van der Waals surface area contributed by atoms with E-state index in [1.54, 1.807) is 0 Å². The SMILES string of the molecule is COc1ccc(OCCC(F)(F)C(F)(F)C(F)(F)C(F)(F)C(F)(F)C(F)(F)C(F)(F)C(F)(F)C(F)(F)C(F)(F)F)cc1. The predicted octanol–water partition coefficient (Wildman–Crippen LogP) is 8.74. The molecule has 0 aliphatic rings. The third-order valence-corrected chi connectivity index (χ3v) is 5.32. The Morgan fingerprint density at radius 1 is 0.429 bits per heavy atom. The van der Waals surface area contributed by atoms with E-state index in [0.29, 0.717) is 0 Å². The van der Waals surface area contributed by atoms with E-state index < -0.39 is 78.3 Å². The molecule has 0 spiro atoms. The molecule has 0 radical (unpaired) electrons. The molecule has 2 nitrogen and oxygen atoms in total. The maximum Gasteiger partial charge on any atom is 0.460 e. The summed E-state index contributed by atoms with van der Waals surface area (Å²) in [7, 11) is 1.12. The molecule has 0 aromatic heterocycles. The quantitative estimate of drug-likeness (QED) is 0.196. The summed E-state index contributed by atoms with van der Waals surface area (Å²) in [6.07, 6.45) is -10.9. The summed E-state index contributed by atoms with van der Waals surface area (Å²) in [6.45, 7) is -1.86. The Balaban J connectivity index is 3.49. The third-order valence-electron chi connectivity index (χ3n) is 5.32. The van der Waals surface area contributed by atoms with Gasteiger partial charge in [-0.25, -0.2) is 0 Å². The molecular weight excluding hydrogens is 659 g/mol. The van der Waals surface area contributed by atoms with E-state index in [1.165, 1.54) is 0 Å². The predicted molar refractivity (Wildman–Crippen MR) is 93.7 cm³/mol. The van der Waals surface area contributed by atoms with Crippen molar-refractivity contribution in [3.63, 3.8) is 0 Å². The van der Waals surface area contributed by atoms with Crippen LogP contribution in [-0.2, 0) is 0 Å². The highest BCUT2D eigenvalue weighted by atomic mass is 19.4. The molecule has 0 unspecified atom stereocenters. The average molecular weight is 670 g/mol. The van der Waals surface area contributed by atoms with Crippen LogP contribution in [0.1, 0.15) is 6.42 Å². The van der Waals surface area contributed by atoms with Crippen LogP contribution in [0.15, 0.2) is 24.3 Å². The first-order valence-corrected chi connectivity index (χ1v) is 10.00. The van der Waals surface area contributed by atoms with Gasteiger partial charge in [0.2, 0.25) is 0 Å². The van der Waals surface area contributed by atoms with Gasteiger partial charge in [0, 0.05) is 0 Å². The van der Waals surface area contributed by atoms with Crippen molar-refractivity contribution in [1.82, 2.24) is 0 Å². The molecule has 0 bridgehead atoms. The molecule has 0 aliphatic carbocycles. The van der Waals surface area contributed by atoms with Crippen LogP contribution in [0.2, 0.25) is 0 Å². The lowest BCUT2D eigenvalue weighted by Crippen LogP contribution is -2.76. The highest BCUT2D eigenvalue weighted by Crippen LogP contribution is 2.66. The van der Waals surface area contributed by atoms with Crippen LogP contribution in [-0.4, -0.2) is 73.2 Å². The summed E-state index contributed by atoms with van der Waals surface area (Å²) in [5.41, 5.74) is 0. The molecule has 1 aromatic carbocycles. The van der Waals surface area contributed by atoms with Crippen molar-refractivity contribution in [1.29, 1.82) is 0 Å². The van der Waals surface area contributed by atoms with Gasteiger partial charge < -0.3 is 9.47 Å². The van der Waals surface area contributed by atoms with Crippen molar-refractivity contribution in [2.75, 3.05) is 13.7 Å². The molecule has 0 N–H and O–H groups in total. The summed E-state index contributed by atoms with van der Waals surface area (Å²) in [6, 6.07) is 3.78. The van der Waals surface area contributed by atoms with Crippen molar-refractivity contribution in [2.24, 2.45) is 0 Å². The number of halogens is 21. The molecule has 42 heavy (non-hydrogen) atoms. The molecular formula is C19H11F21O2. The van der Waals surface area contributed by atoms with Crippen molar-refractivity contribution in [2.45, 2.75) is 65.9 Å². The minimum absolute atomic E-state index is 0.0734. The van der Waals surface area contributed by atoms with Crippen LogP contribution >= 0.6 is 0 Å². The first-order chi connectivity index (χ1) is 18.3. The van der Waals surface area contributed by atoms with Gasteiger partial charge in [-0.1, -0.05) is 0 Å². The normalized spacial score (nSPS) is 15.6. The maximum atomic E-state index is 13.9. The van der Waals surface area contributed by atoms with Gasteiger partial charge in [-0.3, -0.25) is 0 Å². The number of hydrogen-bond acceptors (Lipinski definition) is 2. The topological polar surface area (TPSA) is 18.5 Å². The Labute approximate surface area is 218 Å². The van der Waals surface area contributed by atoms with Crippen LogP contribution < -0.4 is 9.47 Å². The number of ether oxygens (including phenoxy) is 2. The molecule has 0 saturated heterocycles. The van der Waals surface area contributed by atoms with Gasteiger partial charge in [0.15, 0.2) is 0 Å². The van der Waals surface area contributed by atoms with Crippen molar-refractivity contribution in [3.8, 4) is 11.5 Å². The Morgan fingerprint density at radius 3 is 1.02 bits per heavy atom. The van der Waals surface area contributed by atoms with E-state index in [4.69, 9.17) is 0 Å². The number of rotatable bonds is 13. The zero-order valence-corrected chi connectivity index (χ0v) is 19.5. The lowest BCUT2D eigenvalue weighted by atomic mass is 9.86. The van der Waals surface area contributed by atoms with Crippen molar-refractivity contribution >= 4 is 0 Å². The van der Waals surface area contributed by atoms with Gasteiger partial charge in [-0.15, -0.1) is 0 Å². The number of alkyl halides is 21. The minimum Gasteiger partial charge on any atom is -0.497 e. The van der Waals surface area contributed by atoms with Crippen LogP contribution in [0, 0.1) is 0 Å². The molecule has 246 valence electrons. The van der Waals surface area contributed by atoms with E-state index in [1.807, 2.05) is 0 Å². The van der Waals surface area contributed by atoms with E-state index in [9.17, 15) is 92.2 Å². The molecule has 0 saturated carbocycles. The number of hydrogen-bond donors (Lipinski definition) is 0. The average Bonchev–Trinajstić information content (AvgIpc) is 2.82. The monoisotopic (exact) mass is 670 g/mol. The molecule has 0 amide bonds. The van der Waals surface area contributed by atoms with Crippen molar-refractivity contribution in [3.05, 3.63) is 24.3 Å². The van der Waals surface area contributed by atoms with Gasteiger partial charge in [0.25, 0.3) is 0 Å². The highest BCUT2D eigenvalue weighted by Gasteiger charge is 2.97. The summed E-state index contributed by atoms with van der Waals surface area (Å²) < 4.78 is 289. The van der Waals surface area contributed by atoms with Gasteiger partial charge >= 0.3 is 59.5 Å².